The monoisotopic (exact) mass is 548 g/mol. The van der Waals surface area contributed by atoms with E-state index >= 15 is 0 Å². The summed E-state index contributed by atoms with van der Waals surface area (Å²) in [6.07, 6.45) is -4.71. The molecule has 2 aromatic heterocycles. The van der Waals surface area contributed by atoms with Gasteiger partial charge in [-0.05, 0) is 51.6 Å². The minimum Gasteiger partial charge on any atom is -0.362 e. The molecule has 4 rings (SSSR count). The van der Waals surface area contributed by atoms with E-state index in [0.717, 1.165) is 14.0 Å². The molecule has 1 aromatic carbocycles. The summed E-state index contributed by atoms with van der Waals surface area (Å²) in [4.78, 5) is 13.5. The second-order valence-corrected chi connectivity index (χ2v) is 9.11. The predicted molar refractivity (Wildman–Crippen MR) is 112 cm³/mol. The number of benzene rings is 1. The average Bonchev–Trinajstić information content (AvgIpc) is 3.31. The van der Waals surface area contributed by atoms with Crippen LogP contribution in [0.15, 0.2) is 50.7 Å². The van der Waals surface area contributed by atoms with Crippen LogP contribution in [0, 0.1) is 0 Å². The van der Waals surface area contributed by atoms with Crippen LogP contribution in [0.4, 0.5) is 24.7 Å². The van der Waals surface area contributed by atoms with E-state index in [9.17, 15) is 18.0 Å². The standard InChI is InChI=1S/C18H13Br2F3N4OS/c19-9-3-5-10(6-4-9)24-17(28)15-14(20)16-25-11(12-2-1-7-29-12)8-13(18(21,22)23)27(16)26-15/h1-7,11,13,25H,8H2,(H,24,28)/t11-,13+/m1/s1. The van der Waals surface area contributed by atoms with Gasteiger partial charge >= 0.3 is 6.18 Å². The lowest BCUT2D eigenvalue weighted by Crippen LogP contribution is -2.35. The van der Waals surface area contributed by atoms with Gasteiger partial charge in [0, 0.05) is 21.5 Å². The molecule has 0 fully saturated rings. The Labute approximate surface area is 184 Å². The molecule has 1 aliphatic rings. The largest absolute Gasteiger partial charge is 0.410 e. The molecule has 0 radical (unpaired) electrons. The van der Waals surface area contributed by atoms with E-state index in [-0.39, 0.29) is 22.4 Å². The summed E-state index contributed by atoms with van der Waals surface area (Å²) in [6.45, 7) is 0. The van der Waals surface area contributed by atoms with E-state index in [1.165, 1.54) is 11.3 Å². The van der Waals surface area contributed by atoms with Crippen LogP contribution in [0.1, 0.15) is 33.9 Å². The fourth-order valence-corrected chi connectivity index (χ4v) is 4.74. The first kappa shape index (κ1) is 20.4. The van der Waals surface area contributed by atoms with Crippen LogP contribution in [0.25, 0.3) is 0 Å². The van der Waals surface area contributed by atoms with Gasteiger partial charge in [-0.2, -0.15) is 18.3 Å². The van der Waals surface area contributed by atoms with Gasteiger partial charge in [0.1, 0.15) is 5.82 Å². The molecular weight excluding hydrogens is 537 g/mol. The normalized spacial score (nSPS) is 18.8. The summed E-state index contributed by atoms with van der Waals surface area (Å²) in [5.74, 6) is -0.463. The van der Waals surface area contributed by atoms with Crippen molar-refractivity contribution in [1.82, 2.24) is 9.78 Å². The van der Waals surface area contributed by atoms with Crippen LogP contribution in [0.3, 0.4) is 0 Å². The first-order valence-corrected chi connectivity index (χ1v) is 10.9. The molecule has 11 heteroatoms. The minimum absolute atomic E-state index is 0.114. The van der Waals surface area contributed by atoms with Crippen molar-refractivity contribution in [2.24, 2.45) is 0 Å². The molecule has 152 valence electrons. The third kappa shape index (κ3) is 4.08. The number of aromatic nitrogens is 2. The van der Waals surface area contributed by atoms with Crippen molar-refractivity contribution < 1.29 is 18.0 Å². The molecule has 3 aromatic rings. The summed E-state index contributed by atoms with van der Waals surface area (Å²) in [5.41, 5.74) is 0.393. The fourth-order valence-electron chi connectivity index (χ4n) is 3.13. The number of thiophene rings is 1. The molecule has 2 N–H and O–H groups in total. The Hall–Kier alpha value is -1.85. The van der Waals surface area contributed by atoms with E-state index in [1.807, 2.05) is 5.38 Å². The van der Waals surface area contributed by atoms with Crippen molar-refractivity contribution in [1.29, 1.82) is 0 Å². The molecule has 3 heterocycles. The molecule has 0 saturated heterocycles. The van der Waals surface area contributed by atoms with E-state index in [1.54, 1.807) is 36.4 Å². The number of hydrogen-bond donors (Lipinski definition) is 2. The summed E-state index contributed by atoms with van der Waals surface area (Å²) >= 11 is 7.95. The van der Waals surface area contributed by atoms with Gasteiger partial charge in [-0.3, -0.25) is 4.79 Å². The Morgan fingerprint density at radius 1 is 1.24 bits per heavy atom. The number of fused-ring (bicyclic) bond motifs is 1. The number of halogens is 5. The number of amides is 1. The number of carbonyl (C=O) groups excluding carboxylic acids is 1. The number of nitrogens with one attached hydrogen (secondary N) is 2. The van der Waals surface area contributed by atoms with Crippen molar-refractivity contribution in [2.45, 2.75) is 24.7 Å². The molecule has 2 atom stereocenters. The van der Waals surface area contributed by atoms with Crippen LogP contribution in [-0.2, 0) is 0 Å². The number of carbonyl (C=O) groups is 1. The van der Waals surface area contributed by atoms with Crippen LogP contribution < -0.4 is 10.6 Å². The predicted octanol–water partition coefficient (Wildman–Crippen LogP) is 6.38. The smallest absolute Gasteiger partial charge is 0.362 e. The molecule has 5 nitrogen and oxygen atoms in total. The highest BCUT2D eigenvalue weighted by Gasteiger charge is 2.48. The van der Waals surface area contributed by atoms with Crippen LogP contribution >= 0.6 is 43.2 Å². The van der Waals surface area contributed by atoms with Crippen LogP contribution in [0.2, 0.25) is 0 Å². The summed E-state index contributed by atoms with van der Waals surface area (Å²) in [6, 6.07) is 8.07. The van der Waals surface area contributed by atoms with Crippen LogP contribution in [-0.4, -0.2) is 21.9 Å². The maximum absolute atomic E-state index is 13.8. The zero-order valence-electron chi connectivity index (χ0n) is 14.5. The maximum atomic E-state index is 13.8. The van der Waals surface area contributed by atoms with Crippen molar-refractivity contribution in [3.05, 3.63) is 61.3 Å². The molecule has 0 spiro atoms. The lowest BCUT2D eigenvalue weighted by molar-refractivity contribution is -0.173. The second kappa shape index (κ2) is 7.77. The molecule has 0 saturated carbocycles. The number of nitrogens with zero attached hydrogens (tertiary/aromatic N) is 2. The topological polar surface area (TPSA) is 59.0 Å². The zero-order chi connectivity index (χ0) is 20.8. The molecular formula is C18H13Br2F3N4OS. The third-order valence-electron chi connectivity index (χ3n) is 4.50. The molecule has 0 bridgehead atoms. The number of hydrogen-bond acceptors (Lipinski definition) is 4. The van der Waals surface area contributed by atoms with E-state index in [2.05, 4.69) is 47.6 Å². The van der Waals surface area contributed by atoms with Gasteiger partial charge in [0.2, 0.25) is 0 Å². The summed E-state index contributed by atoms with van der Waals surface area (Å²) < 4.78 is 43.2. The second-order valence-electron chi connectivity index (χ2n) is 6.42. The Kier molecular flexibility index (Phi) is 5.47. The van der Waals surface area contributed by atoms with Crippen molar-refractivity contribution in [2.75, 3.05) is 10.6 Å². The summed E-state index contributed by atoms with van der Waals surface area (Å²) in [7, 11) is 0. The maximum Gasteiger partial charge on any atom is 0.410 e. The lowest BCUT2D eigenvalue weighted by atomic mass is 10.0. The number of anilines is 2. The van der Waals surface area contributed by atoms with Crippen molar-refractivity contribution >= 4 is 60.6 Å². The van der Waals surface area contributed by atoms with Crippen molar-refractivity contribution in [3.63, 3.8) is 0 Å². The molecule has 0 aliphatic carbocycles. The van der Waals surface area contributed by atoms with Crippen molar-refractivity contribution in [3.8, 4) is 0 Å². The third-order valence-corrected chi connectivity index (χ3v) is 6.77. The van der Waals surface area contributed by atoms with Gasteiger partial charge in [0.05, 0.1) is 10.5 Å². The molecule has 1 aliphatic heterocycles. The highest BCUT2D eigenvalue weighted by Crippen LogP contribution is 2.46. The molecule has 0 unspecified atom stereocenters. The SMILES string of the molecule is O=C(Nc1ccc(Br)cc1)c1nn2c(c1Br)N[C@@H](c1cccs1)C[C@H]2C(F)(F)F. The van der Waals surface area contributed by atoms with Gasteiger partial charge in [-0.15, -0.1) is 11.3 Å². The number of rotatable bonds is 3. The first-order valence-electron chi connectivity index (χ1n) is 8.45. The van der Waals surface area contributed by atoms with Gasteiger partial charge in [-0.1, -0.05) is 22.0 Å². The average molecular weight is 550 g/mol. The Morgan fingerprint density at radius 2 is 1.97 bits per heavy atom. The van der Waals surface area contributed by atoms with Gasteiger partial charge in [0.15, 0.2) is 11.7 Å². The first-order chi connectivity index (χ1) is 13.7. The number of alkyl halides is 3. The van der Waals surface area contributed by atoms with E-state index in [4.69, 9.17) is 0 Å². The Balaban J connectivity index is 1.69. The Bertz CT molecular complexity index is 1030. The Morgan fingerprint density at radius 3 is 2.59 bits per heavy atom. The van der Waals surface area contributed by atoms with Gasteiger partial charge in [0.25, 0.3) is 5.91 Å². The quantitative estimate of drug-likeness (QED) is 0.398. The van der Waals surface area contributed by atoms with Crippen LogP contribution in [0.5, 0.6) is 0 Å². The summed E-state index contributed by atoms with van der Waals surface area (Å²) in [5, 5.41) is 11.6. The molecule has 1 amide bonds. The highest BCUT2D eigenvalue weighted by atomic mass is 79.9. The van der Waals surface area contributed by atoms with Gasteiger partial charge in [-0.25, -0.2) is 4.68 Å². The minimum atomic E-state index is -4.50. The lowest BCUT2D eigenvalue weighted by Gasteiger charge is -2.33. The van der Waals surface area contributed by atoms with E-state index in [0.29, 0.717) is 5.69 Å². The zero-order valence-corrected chi connectivity index (χ0v) is 18.5. The fraction of sp³-hybridized carbons (Fsp3) is 0.222. The van der Waals surface area contributed by atoms with E-state index < -0.39 is 24.2 Å². The highest BCUT2D eigenvalue weighted by molar-refractivity contribution is 9.11. The van der Waals surface area contributed by atoms with Gasteiger partial charge < -0.3 is 10.6 Å². The molecule has 29 heavy (non-hydrogen) atoms.